The molecular weight excluding hydrogens is 325 g/mol. The van der Waals surface area contributed by atoms with E-state index in [0.717, 1.165) is 52.2 Å². The number of nitrogens with zero attached hydrogens (tertiary/aromatic N) is 2. The smallest absolute Gasteiger partial charge is 0.226 e. The summed E-state index contributed by atoms with van der Waals surface area (Å²) in [5.74, 6) is 0.383. The highest BCUT2D eigenvalue weighted by atomic mass is 35.5. The number of morpholine rings is 1. The van der Waals surface area contributed by atoms with Crippen LogP contribution in [0.3, 0.4) is 0 Å². The average molecular weight is 356 g/mol. The van der Waals surface area contributed by atoms with Crippen LogP contribution in [0, 0.1) is 5.92 Å². The molecular formula is C15H31Cl2N3O2. The van der Waals surface area contributed by atoms with E-state index in [1.165, 1.54) is 0 Å². The quantitative estimate of drug-likeness (QED) is 0.827. The third-order valence-corrected chi connectivity index (χ3v) is 4.50. The summed E-state index contributed by atoms with van der Waals surface area (Å²) in [6.45, 7) is 9.65. The third-order valence-electron chi connectivity index (χ3n) is 4.50. The van der Waals surface area contributed by atoms with Gasteiger partial charge in [-0.25, -0.2) is 0 Å². The standard InChI is InChI=1S/C15H29N3O2.2ClH/c1-12(10-16-3)15(19)17-6-4-14(5-7-17)18-8-9-20-13(2)11-18;;/h12-14,16H,4-11H2,1-3H3;2*1H. The summed E-state index contributed by atoms with van der Waals surface area (Å²) in [6, 6.07) is 0.630. The summed E-state index contributed by atoms with van der Waals surface area (Å²) >= 11 is 0. The number of piperidine rings is 1. The molecule has 132 valence electrons. The van der Waals surface area contributed by atoms with Crippen LogP contribution in [0.5, 0.6) is 0 Å². The van der Waals surface area contributed by atoms with Crippen molar-refractivity contribution in [2.24, 2.45) is 5.92 Å². The molecule has 2 aliphatic heterocycles. The highest BCUT2D eigenvalue weighted by molar-refractivity contribution is 5.85. The number of nitrogens with one attached hydrogen (secondary N) is 1. The zero-order valence-electron chi connectivity index (χ0n) is 13.9. The van der Waals surface area contributed by atoms with E-state index in [2.05, 4.69) is 17.1 Å². The Hall–Kier alpha value is -0.0700. The first-order valence-corrected chi connectivity index (χ1v) is 7.91. The van der Waals surface area contributed by atoms with Gasteiger partial charge in [0.15, 0.2) is 0 Å². The van der Waals surface area contributed by atoms with Crippen LogP contribution in [-0.4, -0.2) is 74.2 Å². The summed E-state index contributed by atoms with van der Waals surface area (Å²) in [5.41, 5.74) is 0. The second-order valence-electron chi connectivity index (χ2n) is 6.19. The van der Waals surface area contributed by atoms with Crippen molar-refractivity contribution in [3.8, 4) is 0 Å². The number of carbonyl (C=O) groups excluding carboxylic acids is 1. The van der Waals surface area contributed by atoms with Crippen LogP contribution in [0.15, 0.2) is 0 Å². The molecule has 2 aliphatic rings. The first kappa shape index (κ1) is 21.9. The molecule has 0 aliphatic carbocycles. The largest absolute Gasteiger partial charge is 0.376 e. The molecule has 1 amide bonds. The Kier molecular flexibility index (Phi) is 10.6. The number of rotatable bonds is 4. The molecule has 5 nitrogen and oxygen atoms in total. The molecule has 0 spiro atoms. The van der Waals surface area contributed by atoms with E-state index in [-0.39, 0.29) is 30.7 Å². The van der Waals surface area contributed by atoms with Gasteiger partial charge in [0.05, 0.1) is 12.7 Å². The maximum Gasteiger partial charge on any atom is 0.226 e. The lowest BCUT2D eigenvalue weighted by Crippen LogP contribution is -2.52. The molecule has 0 aromatic carbocycles. The van der Waals surface area contributed by atoms with Crippen LogP contribution in [-0.2, 0) is 9.53 Å². The zero-order chi connectivity index (χ0) is 14.5. The molecule has 2 fully saturated rings. The number of carbonyl (C=O) groups is 1. The van der Waals surface area contributed by atoms with Gasteiger partial charge in [0.2, 0.25) is 5.91 Å². The average Bonchev–Trinajstić information content (AvgIpc) is 2.47. The van der Waals surface area contributed by atoms with Crippen LogP contribution in [0.4, 0.5) is 0 Å². The molecule has 0 saturated carbocycles. The summed E-state index contributed by atoms with van der Waals surface area (Å²) in [5, 5.41) is 3.08. The maximum absolute atomic E-state index is 12.3. The van der Waals surface area contributed by atoms with Gasteiger partial charge in [-0.05, 0) is 26.8 Å². The molecule has 2 unspecified atom stereocenters. The number of likely N-dealkylation sites (tertiary alicyclic amines) is 1. The molecule has 0 aromatic heterocycles. The van der Waals surface area contributed by atoms with Gasteiger partial charge in [0, 0.05) is 44.7 Å². The van der Waals surface area contributed by atoms with Crippen molar-refractivity contribution >= 4 is 30.7 Å². The van der Waals surface area contributed by atoms with Crippen molar-refractivity contribution in [3.05, 3.63) is 0 Å². The zero-order valence-corrected chi connectivity index (χ0v) is 15.5. The lowest BCUT2D eigenvalue weighted by atomic mass is 10.0. The van der Waals surface area contributed by atoms with E-state index in [0.29, 0.717) is 18.1 Å². The second-order valence-corrected chi connectivity index (χ2v) is 6.19. The van der Waals surface area contributed by atoms with E-state index >= 15 is 0 Å². The Morgan fingerprint density at radius 2 is 1.91 bits per heavy atom. The van der Waals surface area contributed by atoms with Crippen LogP contribution in [0.1, 0.15) is 26.7 Å². The van der Waals surface area contributed by atoms with Crippen LogP contribution in [0.25, 0.3) is 0 Å². The van der Waals surface area contributed by atoms with Gasteiger partial charge in [-0.2, -0.15) is 0 Å². The van der Waals surface area contributed by atoms with Gasteiger partial charge in [-0.3, -0.25) is 9.69 Å². The summed E-state index contributed by atoms with van der Waals surface area (Å²) in [6.07, 6.45) is 2.55. The van der Waals surface area contributed by atoms with Gasteiger partial charge in [0.25, 0.3) is 0 Å². The Morgan fingerprint density at radius 3 is 2.45 bits per heavy atom. The molecule has 22 heavy (non-hydrogen) atoms. The van der Waals surface area contributed by atoms with E-state index in [9.17, 15) is 4.79 Å². The normalized spacial score (nSPS) is 25.0. The fourth-order valence-electron chi connectivity index (χ4n) is 3.33. The van der Waals surface area contributed by atoms with Crippen LogP contribution < -0.4 is 5.32 Å². The Morgan fingerprint density at radius 1 is 1.27 bits per heavy atom. The number of halogens is 2. The highest BCUT2D eigenvalue weighted by Crippen LogP contribution is 2.20. The van der Waals surface area contributed by atoms with Gasteiger partial charge >= 0.3 is 0 Å². The van der Waals surface area contributed by atoms with Crippen molar-refractivity contribution in [1.82, 2.24) is 15.1 Å². The summed E-state index contributed by atoms with van der Waals surface area (Å²) in [4.78, 5) is 16.9. The lowest BCUT2D eigenvalue weighted by molar-refractivity contribution is -0.137. The topological polar surface area (TPSA) is 44.8 Å². The molecule has 2 rings (SSSR count). The molecule has 2 atom stereocenters. The van der Waals surface area contributed by atoms with Gasteiger partial charge in [-0.15, -0.1) is 24.8 Å². The van der Waals surface area contributed by atoms with Crippen LogP contribution >= 0.6 is 24.8 Å². The van der Waals surface area contributed by atoms with Crippen molar-refractivity contribution in [2.45, 2.75) is 38.8 Å². The third kappa shape index (κ3) is 5.85. The van der Waals surface area contributed by atoms with E-state index < -0.39 is 0 Å². The monoisotopic (exact) mass is 355 g/mol. The van der Waals surface area contributed by atoms with Gasteiger partial charge < -0.3 is 15.0 Å². The fourth-order valence-corrected chi connectivity index (χ4v) is 3.33. The molecule has 2 heterocycles. The first-order chi connectivity index (χ1) is 9.61. The SMILES string of the molecule is CNCC(C)C(=O)N1CCC(N2CCOC(C)C2)CC1.Cl.Cl. The molecule has 1 N–H and O–H groups in total. The minimum absolute atomic E-state index is 0. The van der Waals surface area contributed by atoms with Crippen molar-refractivity contribution in [3.63, 3.8) is 0 Å². The minimum atomic E-state index is 0. The van der Waals surface area contributed by atoms with E-state index in [1.807, 2.05) is 18.9 Å². The number of amides is 1. The summed E-state index contributed by atoms with van der Waals surface area (Å²) in [7, 11) is 1.90. The molecule has 0 radical (unpaired) electrons. The van der Waals surface area contributed by atoms with Crippen molar-refractivity contribution in [2.75, 3.05) is 46.4 Å². The van der Waals surface area contributed by atoms with E-state index in [4.69, 9.17) is 4.74 Å². The fraction of sp³-hybridized carbons (Fsp3) is 0.933. The molecule has 2 saturated heterocycles. The van der Waals surface area contributed by atoms with Crippen LogP contribution in [0.2, 0.25) is 0 Å². The molecule has 7 heteroatoms. The molecule has 0 aromatic rings. The first-order valence-electron chi connectivity index (χ1n) is 7.91. The van der Waals surface area contributed by atoms with Crippen molar-refractivity contribution in [1.29, 1.82) is 0 Å². The predicted molar refractivity (Wildman–Crippen MR) is 94.2 cm³/mol. The Labute approximate surface area is 146 Å². The molecule has 0 bridgehead atoms. The van der Waals surface area contributed by atoms with Gasteiger partial charge in [-0.1, -0.05) is 6.92 Å². The summed E-state index contributed by atoms with van der Waals surface area (Å²) < 4.78 is 5.60. The Balaban J connectivity index is 0.00000220. The van der Waals surface area contributed by atoms with E-state index in [1.54, 1.807) is 0 Å². The van der Waals surface area contributed by atoms with Gasteiger partial charge in [0.1, 0.15) is 0 Å². The minimum Gasteiger partial charge on any atom is -0.376 e. The number of hydrogen-bond acceptors (Lipinski definition) is 4. The van der Waals surface area contributed by atoms with Crippen molar-refractivity contribution < 1.29 is 9.53 Å². The second kappa shape index (κ2) is 10.7. The highest BCUT2D eigenvalue weighted by Gasteiger charge is 2.30. The number of ether oxygens (including phenoxy) is 1. The predicted octanol–water partition coefficient (Wildman–Crippen LogP) is 1.40. The number of hydrogen-bond donors (Lipinski definition) is 1. The lowest BCUT2D eigenvalue weighted by Gasteiger charge is -2.42. The Bertz CT molecular complexity index is 326. The maximum atomic E-state index is 12.3.